The molecule has 3 aromatic rings. The first-order valence-corrected chi connectivity index (χ1v) is 8.70. The van der Waals surface area contributed by atoms with Gasteiger partial charge < -0.3 is 4.98 Å². The lowest BCUT2D eigenvalue weighted by Gasteiger charge is -2.04. The highest BCUT2D eigenvalue weighted by atomic mass is 79.9. The van der Waals surface area contributed by atoms with Crippen LogP contribution in [0, 0.1) is 0 Å². The highest BCUT2D eigenvalue weighted by Crippen LogP contribution is 2.29. The van der Waals surface area contributed by atoms with Crippen molar-refractivity contribution in [1.82, 2.24) is 4.98 Å². The van der Waals surface area contributed by atoms with E-state index in [1.54, 1.807) is 0 Å². The number of nitrogens with one attached hydrogen (secondary N) is 1. The van der Waals surface area contributed by atoms with Gasteiger partial charge in [0.2, 0.25) is 0 Å². The largest absolute Gasteiger partial charge is 0.312 e. The quantitative estimate of drug-likeness (QED) is 0.687. The first-order chi connectivity index (χ1) is 11.1. The summed E-state index contributed by atoms with van der Waals surface area (Å²) in [5, 5.41) is 0. The van der Waals surface area contributed by atoms with E-state index in [1.165, 1.54) is 11.3 Å². The molecule has 0 radical (unpaired) electrons. The van der Waals surface area contributed by atoms with Gasteiger partial charge in [0, 0.05) is 17.3 Å². The van der Waals surface area contributed by atoms with Crippen LogP contribution in [0.25, 0.3) is 10.2 Å². The highest BCUT2D eigenvalue weighted by Gasteiger charge is 2.18. The third-order valence-electron chi connectivity index (χ3n) is 3.80. The molecular weight excluding hydrogens is 376 g/mol. The Labute approximate surface area is 144 Å². The maximum atomic E-state index is 12.3. The molecule has 6 heteroatoms. The van der Waals surface area contributed by atoms with Crippen LogP contribution < -0.4 is 4.87 Å². The fourth-order valence-electron chi connectivity index (χ4n) is 2.74. The van der Waals surface area contributed by atoms with Crippen LogP contribution in [0.2, 0.25) is 0 Å². The molecule has 0 atom stereocenters. The first-order valence-electron chi connectivity index (χ1n) is 7.09. The zero-order valence-corrected chi connectivity index (χ0v) is 14.3. The van der Waals surface area contributed by atoms with Gasteiger partial charge in [-0.15, -0.1) is 0 Å². The van der Waals surface area contributed by atoms with E-state index >= 15 is 0 Å². The number of H-pyrrole nitrogens is 1. The summed E-state index contributed by atoms with van der Waals surface area (Å²) < 4.78 is 1.82. The monoisotopic (exact) mass is 386 g/mol. The van der Waals surface area contributed by atoms with Gasteiger partial charge in [0.25, 0.3) is 0 Å². The van der Waals surface area contributed by atoms with Crippen LogP contribution in [0.15, 0.2) is 50.7 Å². The van der Waals surface area contributed by atoms with Gasteiger partial charge >= 0.3 is 4.87 Å². The Bertz CT molecular complexity index is 1030. The molecule has 0 spiro atoms. The van der Waals surface area contributed by atoms with E-state index < -0.39 is 0 Å². The molecule has 0 fully saturated rings. The molecule has 0 unspecified atom stereocenters. The number of benzene rings is 2. The number of carbonyl (C=O) groups is 1. The molecule has 0 aliphatic carbocycles. The molecule has 1 aromatic heterocycles. The third-order valence-corrected chi connectivity index (χ3v) is 5.14. The van der Waals surface area contributed by atoms with Gasteiger partial charge in [0.05, 0.1) is 21.6 Å². The van der Waals surface area contributed by atoms with Crippen LogP contribution in [0.4, 0.5) is 5.69 Å². The minimum atomic E-state index is -0.0776. The van der Waals surface area contributed by atoms with E-state index in [4.69, 9.17) is 4.99 Å². The Morgan fingerprint density at radius 1 is 1.09 bits per heavy atom. The predicted molar refractivity (Wildman–Crippen MR) is 96.1 cm³/mol. The fourth-order valence-corrected chi connectivity index (χ4v) is 3.93. The summed E-state index contributed by atoms with van der Waals surface area (Å²) >= 11 is 4.60. The number of hydrogen-bond donors (Lipinski definition) is 1. The average molecular weight is 387 g/mol. The molecule has 1 N–H and O–H groups in total. The summed E-state index contributed by atoms with van der Waals surface area (Å²) in [6.07, 6.45) is 0.693. The van der Waals surface area contributed by atoms with Crippen LogP contribution in [-0.2, 0) is 11.2 Å². The summed E-state index contributed by atoms with van der Waals surface area (Å²) in [6, 6.07) is 11.5. The Balaban J connectivity index is 1.86. The van der Waals surface area contributed by atoms with Crippen molar-refractivity contribution >= 4 is 54.7 Å². The summed E-state index contributed by atoms with van der Waals surface area (Å²) in [6.45, 7) is 0. The number of fused-ring (bicyclic) bond motifs is 2. The number of Topliss-reactive ketones (excluding diaryl/α,β-unsaturated/α-hetero) is 1. The normalized spacial score (nSPS) is 14.5. The molecule has 2 heterocycles. The van der Waals surface area contributed by atoms with Crippen molar-refractivity contribution in [3.63, 3.8) is 0 Å². The Morgan fingerprint density at radius 3 is 2.83 bits per heavy atom. The first kappa shape index (κ1) is 14.5. The standard InChI is InChI=1S/C17H11BrN2O2S/c18-11-2-4-13-10(5-11)6-12(21)8-15(19-13)9-1-3-14-16(7-9)23-17(22)20-14/h1-5,7H,6,8H2,(H,20,22). The molecule has 0 saturated heterocycles. The SMILES string of the molecule is O=C1CC(c2ccc3[nH]c(=O)sc3c2)=Nc2ccc(Br)cc2C1. The smallest absolute Gasteiger partial charge is 0.305 e. The molecule has 1 aliphatic heterocycles. The van der Waals surface area contributed by atoms with Crippen LogP contribution in [0.5, 0.6) is 0 Å². The Kier molecular flexibility index (Phi) is 3.50. The van der Waals surface area contributed by atoms with Gasteiger partial charge in [-0.25, -0.2) is 0 Å². The second-order valence-corrected chi connectivity index (χ2v) is 7.38. The van der Waals surface area contributed by atoms with Gasteiger partial charge in [0.15, 0.2) is 0 Å². The number of halogens is 1. The number of nitrogens with zero attached hydrogens (tertiary/aromatic N) is 1. The predicted octanol–water partition coefficient (Wildman–Crippen LogP) is 3.99. The van der Waals surface area contributed by atoms with E-state index in [-0.39, 0.29) is 10.7 Å². The molecule has 0 saturated carbocycles. The zero-order chi connectivity index (χ0) is 16.0. The molecule has 0 amide bonds. The summed E-state index contributed by atoms with van der Waals surface area (Å²) in [4.78, 5) is 31.1. The number of thiazole rings is 1. The topological polar surface area (TPSA) is 62.3 Å². The number of ketones is 1. The van der Waals surface area contributed by atoms with E-state index in [0.29, 0.717) is 12.8 Å². The minimum Gasteiger partial charge on any atom is -0.312 e. The Hall–Kier alpha value is -2.05. The van der Waals surface area contributed by atoms with Crippen molar-refractivity contribution in [3.05, 3.63) is 61.7 Å². The van der Waals surface area contributed by atoms with Crippen LogP contribution in [0.3, 0.4) is 0 Å². The van der Waals surface area contributed by atoms with Crippen molar-refractivity contribution in [3.8, 4) is 0 Å². The summed E-state index contributed by atoms with van der Waals surface area (Å²) in [5.41, 5.74) is 4.22. The lowest BCUT2D eigenvalue weighted by Crippen LogP contribution is -2.08. The van der Waals surface area contributed by atoms with Gasteiger partial charge in [-0.05, 0) is 41.5 Å². The van der Waals surface area contributed by atoms with E-state index in [1.807, 2.05) is 36.4 Å². The molecule has 2 aromatic carbocycles. The summed E-state index contributed by atoms with van der Waals surface area (Å²) in [7, 11) is 0. The van der Waals surface area contributed by atoms with Crippen molar-refractivity contribution in [2.24, 2.45) is 4.99 Å². The van der Waals surface area contributed by atoms with Crippen molar-refractivity contribution in [2.45, 2.75) is 12.8 Å². The fraction of sp³-hybridized carbons (Fsp3) is 0.118. The van der Waals surface area contributed by atoms with Gasteiger partial charge in [0.1, 0.15) is 5.78 Å². The second kappa shape index (κ2) is 5.54. The van der Waals surface area contributed by atoms with Crippen molar-refractivity contribution in [2.75, 3.05) is 0 Å². The number of aromatic nitrogens is 1. The molecule has 114 valence electrons. The molecular formula is C17H11BrN2O2S. The average Bonchev–Trinajstić information content (AvgIpc) is 2.79. The third kappa shape index (κ3) is 2.80. The van der Waals surface area contributed by atoms with E-state index in [2.05, 4.69) is 20.9 Å². The van der Waals surface area contributed by atoms with Gasteiger partial charge in [-0.1, -0.05) is 33.3 Å². The number of aliphatic imine (C=N–C) groups is 1. The van der Waals surface area contributed by atoms with Crippen LogP contribution in [0.1, 0.15) is 17.5 Å². The van der Waals surface area contributed by atoms with Gasteiger partial charge in [-0.2, -0.15) is 0 Å². The lowest BCUT2D eigenvalue weighted by atomic mass is 10.0. The molecule has 23 heavy (non-hydrogen) atoms. The molecule has 1 aliphatic rings. The van der Waals surface area contributed by atoms with Crippen molar-refractivity contribution < 1.29 is 4.79 Å². The van der Waals surface area contributed by atoms with Gasteiger partial charge in [-0.3, -0.25) is 14.6 Å². The van der Waals surface area contributed by atoms with Crippen molar-refractivity contribution in [1.29, 1.82) is 0 Å². The number of hydrogen-bond acceptors (Lipinski definition) is 4. The molecule has 0 bridgehead atoms. The van der Waals surface area contributed by atoms with Crippen LogP contribution >= 0.6 is 27.3 Å². The second-order valence-electron chi connectivity index (χ2n) is 5.45. The molecule has 4 rings (SSSR count). The number of carbonyl (C=O) groups excluding carboxylic acids is 1. The number of rotatable bonds is 1. The molecule has 4 nitrogen and oxygen atoms in total. The number of aromatic amines is 1. The maximum Gasteiger partial charge on any atom is 0.305 e. The Morgan fingerprint density at radius 2 is 1.96 bits per heavy atom. The lowest BCUT2D eigenvalue weighted by molar-refractivity contribution is -0.117. The minimum absolute atomic E-state index is 0.0776. The van der Waals surface area contributed by atoms with E-state index in [9.17, 15) is 9.59 Å². The van der Waals surface area contributed by atoms with E-state index in [0.717, 1.165) is 37.2 Å². The summed E-state index contributed by atoms with van der Waals surface area (Å²) in [5.74, 6) is 0.142. The zero-order valence-electron chi connectivity index (χ0n) is 11.9. The van der Waals surface area contributed by atoms with Crippen LogP contribution in [-0.4, -0.2) is 16.5 Å². The maximum absolute atomic E-state index is 12.3. The highest BCUT2D eigenvalue weighted by molar-refractivity contribution is 9.10.